The molecule has 2 aliphatic carbocycles. The lowest BCUT2D eigenvalue weighted by Crippen LogP contribution is -2.22. The number of benzene rings is 1. The first kappa shape index (κ1) is 10.7. The highest BCUT2D eigenvalue weighted by Gasteiger charge is 2.37. The molecule has 0 aliphatic heterocycles. The van der Waals surface area contributed by atoms with Gasteiger partial charge in [-0.15, -0.1) is 0 Å². The molecule has 0 amide bonds. The normalized spacial score (nSPS) is 31.6. The van der Waals surface area contributed by atoms with Crippen molar-refractivity contribution in [3.8, 4) is 0 Å². The summed E-state index contributed by atoms with van der Waals surface area (Å²) in [6.45, 7) is 2.26. The molecule has 1 saturated carbocycles. The third-order valence-corrected chi connectivity index (χ3v) is 4.49. The molecule has 2 aliphatic rings. The van der Waals surface area contributed by atoms with Crippen LogP contribution in [0.4, 0.5) is 4.39 Å². The lowest BCUT2D eigenvalue weighted by molar-refractivity contribution is 0.512. The number of hydrogen-bond donors (Lipinski definition) is 1. The predicted octanol–water partition coefficient (Wildman–Crippen LogP) is 3.57. The standard InChI is InChI=1S/C13H15BrFN/c1-7-6-12(7)16-11-5-2-8-10(15)4-3-9(14)13(8)11/h3-4,7,11-12,16H,2,5-6H2,1H3. The van der Waals surface area contributed by atoms with E-state index < -0.39 is 0 Å². The van der Waals surface area contributed by atoms with Gasteiger partial charge in [-0.3, -0.25) is 0 Å². The Labute approximate surface area is 104 Å². The number of nitrogens with one attached hydrogen (secondary N) is 1. The zero-order valence-corrected chi connectivity index (χ0v) is 10.8. The largest absolute Gasteiger partial charge is 0.307 e. The van der Waals surface area contributed by atoms with Crippen molar-refractivity contribution < 1.29 is 4.39 Å². The van der Waals surface area contributed by atoms with Gasteiger partial charge in [0.25, 0.3) is 0 Å². The fourth-order valence-corrected chi connectivity index (χ4v) is 3.30. The Morgan fingerprint density at radius 1 is 1.44 bits per heavy atom. The summed E-state index contributed by atoms with van der Waals surface area (Å²) in [6, 6.07) is 4.37. The molecule has 3 heteroatoms. The predicted molar refractivity (Wildman–Crippen MR) is 65.9 cm³/mol. The summed E-state index contributed by atoms with van der Waals surface area (Å²) in [5.41, 5.74) is 2.05. The SMILES string of the molecule is CC1CC1NC1CCc2c(F)ccc(Br)c21. The molecule has 1 N–H and O–H groups in total. The molecular weight excluding hydrogens is 269 g/mol. The highest BCUT2D eigenvalue weighted by molar-refractivity contribution is 9.10. The molecule has 0 spiro atoms. The van der Waals surface area contributed by atoms with Crippen molar-refractivity contribution in [3.63, 3.8) is 0 Å². The van der Waals surface area contributed by atoms with Gasteiger partial charge in [-0.1, -0.05) is 22.9 Å². The van der Waals surface area contributed by atoms with Crippen molar-refractivity contribution in [2.24, 2.45) is 5.92 Å². The molecule has 1 fully saturated rings. The zero-order chi connectivity index (χ0) is 11.3. The van der Waals surface area contributed by atoms with Gasteiger partial charge in [0.1, 0.15) is 5.82 Å². The minimum Gasteiger partial charge on any atom is -0.307 e. The quantitative estimate of drug-likeness (QED) is 0.875. The second-order valence-corrected chi connectivity index (χ2v) is 5.85. The Hall–Kier alpha value is -0.410. The van der Waals surface area contributed by atoms with Gasteiger partial charge in [0, 0.05) is 16.6 Å². The summed E-state index contributed by atoms with van der Waals surface area (Å²) < 4.78 is 14.7. The van der Waals surface area contributed by atoms with E-state index in [4.69, 9.17) is 0 Å². The molecule has 0 saturated heterocycles. The van der Waals surface area contributed by atoms with E-state index in [9.17, 15) is 4.39 Å². The van der Waals surface area contributed by atoms with E-state index in [2.05, 4.69) is 28.2 Å². The van der Waals surface area contributed by atoms with Crippen LogP contribution in [0.3, 0.4) is 0 Å². The first-order chi connectivity index (χ1) is 7.66. The van der Waals surface area contributed by atoms with E-state index in [0.29, 0.717) is 12.1 Å². The molecule has 1 nitrogen and oxygen atoms in total. The van der Waals surface area contributed by atoms with Gasteiger partial charge in [-0.05, 0) is 48.4 Å². The van der Waals surface area contributed by atoms with E-state index >= 15 is 0 Å². The Kier molecular flexibility index (Phi) is 2.55. The van der Waals surface area contributed by atoms with Crippen molar-refractivity contribution >= 4 is 15.9 Å². The molecule has 0 radical (unpaired) electrons. The van der Waals surface area contributed by atoms with Crippen LogP contribution in [0.1, 0.15) is 36.9 Å². The van der Waals surface area contributed by atoms with Crippen LogP contribution >= 0.6 is 15.9 Å². The maximum absolute atomic E-state index is 13.6. The van der Waals surface area contributed by atoms with E-state index in [1.54, 1.807) is 6.07 Å². The topological polar surface area (TPSA) is 12.0 Å². The van der Waals surface area contributed by atoms with E-state index in [1.165, 1.54) is 6.42 Å². The average Bonchev–Trinajstić information content (AvgIpc) is 2.78. The molecule has 3 rings (SSSR count). The van der Waals surface area contributed by atoms with Crippen LogP contribution in [0.5, 0.6) is 0 Å². The number of halogens is 2. The van der Waals surface area contributed by atoms with E-state index in [0.717, 1.165) is 34.4 Å². The Balaban J connectivity index is 1.89. The van der Waals surface area contributed by atoms with Crippen LogP contribution in [0.15, 0.2) is 16.6 Å². The Morgan fingerprint density at radius 2 is 2.19 bits per heavy atom. The molecule has 0 aromatic heterocycles. The minimum atomic E-state index is -0.0497. The maximum atomic E-state index is 13.6. The minimum absolute atomic E-state index is 0.0497. The van der Waals surface area contributed by atoms with E-state index in [-0.39, 0.29) is 5.82 Å². The number of fused-ring (bicyclic) bond motifs is 1. The average molecular weight is 284 g/mol. The summed E-state index contributed by atoms with van der Waals surface area (Å²) in [6.07, 6.45) is 3.15. The number of rotatable bonds is 2. The summed E-state index contributed by atoms with van der Waals surface area (Å²) in [7, 11) is 0. The monoisotopic (exact) mass is 283 g/mol. The Bertz CT molecular complexity index is 432. The molecular formula is C13H15BrFN. The van der Waals surface area contributed by atoms with Gasteiger partial charge in [0.2, 0.25) is 0 Å². The van der Waals surface area contributed by atoms with Gasteiger partial charge >= 0.3 is 0 Å². The molecule has 86 valence electrons. The fourth-order valence-electron chi connectivity index (χ4n) is 2.65. The molecule has 16 heavy (non-hydrogen) atoms. The van der Waals surface area contributed by atoms with Crippen LogP contribution in [-0.4, -0.2) is 6.04 Å². The third-order valence-electron chi connectivity index (χ3n) is 3.80. The van der Waals surface area contributed by atoms with Crippen LogP contribution in [0, 0.1) is 11.7 Å². The molecule has 3 atom stereocenters. The molecule has 1 aromatic rings. The molecule has 0 heterocycles. The van der Waals surface area contributed by atoms with Gasteiger partial charge in [-0.25, -0.2) is 4.39 Å². The van der Waals surface area contributed by atoms with E-state index in [1.807, 2.05) is 6.07 Å². The van der Waals surface area contributed by atoms with Gasteiger partial charge in [-0.2, -0.15) is 0 Å². The van der Waals surface area contributed by atoms with Crippen LogP contribution in [0.2, 0.25) is 0 Å². The van der Waals surface area contributed by atoms with Crippen molar-refractivity contribution in [2.45, 2.75) is 38.3 Å². The lowest BCUT2D eigenvalue weighted by Gasteiger charge is -2.15. The fraction of sp³-hybridized carbons (Fsp3) is 0.538. The maximum Gasteiger partial charge on any atom is 0.126 e. The second-order valence-electron chi connectivity index (χ2n) is 5.00. The Morgan fingerprint density at radius 3 is 2.88 bits per heavy atom. The van der Waals surface area contributed by atoms with Crippen molar-refractivity contribution in [2.75, 3.05) is 0 Å². The van der Waals surface area contributed by atoms with Crippen LogP contribution < -0.4 is 5.32 Å². The first-order valence-corrected chi connectivity index (χ1v) is 6.69. The van der Waals surface area contributed by atoms with Crippen molar-refractivity contribution in [3.05, 3.63) is 33.5 Å². The summed E-state index contributed by atoms with van der Waals surface area (Å²) in [5, 5.41) is 3.63. The van der Waals surface area contributed by atoms with Crippen LogP contribution in [-0.2, 0) is 6.42 Å². The van der Waals surface area contributed by atoms with Crippen molar-refractivity contribution in [1.82, 2.24) is 5.32 Å². The summed E-state index contributed by atoms with van der Waals surface area (Å²) in [4.78, 5) is 0. The zero-order valence-electron chi connectivity index (χ0n) is 9.26. The third kappa shape index (κ3) is 1.70. The highest BCUT2D eigenvalue weighted by atomic mass is 79.9. The second kappa shape index (κ2) is 3.81. The van der Waals surface area contributed by atoms with Gasteiger partial charge < -0.3 is 5.32 Å². The highest BCUT2D eigenvalue weighted by Crippen LogP contribution is 2.41. The summed E-state index contributed by atoms with van der Waals surface area (Å²) >= 11 is 3.54. The van der Waals surface area contributed by atoms with Crippen LogP contribution in [0.25, 0.3) is 0 Å². The molecule has 0 bridgehead atoms. The first-order valence-electron chi connectivity index (χ1n) is 5.89. The summed E-state index contributed by atoms with van der Waals surface area (Å²) in [5.74, 6) is 0.739. The molecule has 3 unspecified atom stereocenters. The number of hydrogen-bond acceptors (Lipinski definition) is 1. The van der Waals surface area contributed by atoms with Gasteiger partial charge in [0.15, 0.2) is 0 Å². The van der Waals surface area contributed by atoms with Crippen molar-refractivity contribution in [1.29, 1.82) is 0 Å². The lowest BCUT2D eigenvalue weighted by atomic mass is 10.1. The molecule has 1 aromatic carbocycles. The van der Waals surface area contributed by atoms with Gasteiger partial charge in [0.05, 0.1) is 0 Å². The smallest absolute Gasteiger partial charge is 0.126 e.